The Hall–Kier alpha value is -2.48. The summed E-state index contributed by atoms with van der Waals surface area (Å²) >= 11 is 0. The predicted molar refractivity (Wildman–Crippen MR) is 55.4 cm³/mol. The Labute approximate surface area is 95.9 Å². The van der Waals surface area contributed by atoms with E-state index >= 15 is 0 Å². The zero-order valence-electron chi connectivity index (χ0n) is 8.52. The summed E-state index contributed by atoms with van der Waals surface area (Å²) in [6.45, 7) is 0. The van der Waals surface area contributed by atoms with Crippen LogP contribution in [0.3, 0.4) is 0 Å². The fourth-order valence-corrected chi connectivity index (χ4v) is 1.19. The molecule has 17 heavy (non-hydrogen) atoms. The lowest BCUT2D eigenvalue weighted by molar-refractivity contribution is 0.416. The number of nitrogens with zero attached hydrogens (tertiary/aromatic N) is 2. The van der Waals surface area contributed by atoms with E-state index in [0.717, 1.165) is 6.20 Å². The van der Waals surface area contributed by atoms with Crippen molar-refractivity contribution in [3.63, 3.8) is 0 Å². The lowest BCUT2D eigenvalue weighted by Gasteiger charge is -2.05. The molecule has 3 nitrogen and oxygen atoms in total. The molecule has 0 aliphatic rings. The summed E-state index contributed by atoms with van der Waals surface area (Å²) < 4.78 is 30.9. The normalized spacial score (nSPS) is 9.71. The molecule has 0 radical (unpaired) electrons. The molecule has 1 aromatic carbocycles. The molecule has 1 aromatic heterocycles. The lowest BCUT2D eigenvalue weighted by Crippen LogP contribution is -1.93. The minimum absolute atomic E-state index is 0.309. The fraction of sp³-hybridized carbons (Fsp3) is 0. The first-order valence-electron chi connectivity index (χ1n) is 4.68. The molecule has 0 atom stereocenters. The molecule has 0 N–H and O–H groups in total. The third-order valence-electron chi connectivity index (χ3n) is 1.97. The van der Waals surface area contributed by atoms with Gasteiger partial charge in [-0.15, -0.1) is 0 Å². The van der Waals surface area contributed by atoms with Crippen molar-refractivity contribution in [2.24, 2.45) is 0 Å². The highest BCUT2D eigenvalue weighted by Crippen LogP contribution is 2.22. The molecule has 5 heteroatoms. The highest BCUT2D eigenvalue weighted by atomic mass is 19.1. The van der Waals surface area contributed by atoms with E-state index in [-0.39, 0.29) is 5.88 Å². The van der Waals surface area contributed by atoms with E-state index in [2.05, 4.69) is 4.98 Å². The Morgan fingerprint density at radius 3 is 2.47 bits per heavy atom. The van der Waals surface area contributed by atoms with Gasteiger partial charge in [0.15, 0.2) is 5.82 Å². The average molecular weight is 232 g/mol. The average Bonchev–Trinajstić information content (AvgIpc) is 2.34. The monoisotopic (exact) mass is 232 g/mol. The quantitative estimate of drug-likeness (QED) is 0.799. The molecule has 0 amide bonds. The van der Waals surface area contributed by atoms with Crippen molar-refractivity contribution in [1.82, 2.24) is 4.98 Å². The predicted octanol–water partition coefficient (Wildman–Crippen LogP) is 3.02. The lowest BCUT2D eigenvalue weighted by atomic mass is 10.2. The number of ether oxygens (including phenoxy) is 1. The fourth-order valence-electron chi connectivity index (χ4n) is 1.19. The van der Waals surface area contributed by atoms with Crippen LogP contribution in [-0.2, 0) is 0 Å². The number of halogens is 2. The van der Waals surface area contributed by atoms with Crippen LogP contribution in [0, 0.1) is 23.0 Å². The summed E-state index contributed by atoms with van der Waals surface area (Å²) in [5.74, 6) is -1.64. The van der Waals surface area contributed by atoms with E-state index in [1.807, 2.05) is 6.07 Å². The second-order valence-electron chi connectivity index (χ2n) is 3.18. The van der Waals surface area contributed by atoms with Gasteiger partial charge in [-0.05, 0) is 24.3 Å². The first-order chi connectivity index (χ1) is 8.19. The van der Waals surface area contributed by atoms with Gasteiger partial charge in [0.1, 0.15) is 11.6 Å². The van der Waals surface area contributed by atoms with Gasteiger partial charge in [-0.3, -0.25) is 0 Å². The molecular formula is C12H6F2N2O. The summed E-state index contributed by atoms with van der Waals surface area (Å²) in [6.07, 6.45) is 0.863. The molecule has 0 spiro atoms. The summed E-state index contributed by atoms with van der Waals surface area (Å²) in [6, 6.07) is 8.68. The van der Waals surface area contributed by atoms with Crippen molar-refractivity contribution in [3.8, 4) is 17.7 Å². The topological polar surface area (TPSA) is 45.9 Å². The number of aromatic nitrogens is 1. The molecule has 0 fully saturated rings. The third kappa shape index (κ3) is 2.55. The van der Waals surface area contributed by atoms with Crippen LogP contribution in [0.25, 0.3) is 0 Å². The Kier molecular flexibility index (Phi) is 2.97. The van der Waals surface area contributed by atoms with E-state index in [9.17, 15) is 8.78 Å². The van der Waals surface area contributed by atoms with Gasteiger partial charge in [0, 0.05) is 6.07 Å². The van der Waals surface area contributed by atoms with Gasteiger partial charge < -0.3 is 4.74 Å². The van der Waals surface area contributed by atoms with Crippen LogP contribution in [0.5, 0.6) is 11.6 Å². The molecule has 2 rings (SSSR count). The molecule has 0 saturated heterocycles. The zero-order chi connectivity index (χ0) is 12.3. The smallest absolute Gasteiger partial charge is 0.256 e. The number of benzene rings is 1. The van der Waals surface area contributed by atoms with Crippen LogP contribution in [-0.4, -0.2) is 4.98 Å². The molecule has 0 aliphatic heterocycles. The highest BCUT2D eigenvalue weighted by molar-refractivity contribution is 5.36. The maximum Gasteiger partial charge on any atom is 0.256 e. The van der Waals surface area contributed by atoms with Crippen molar-refractivity contribution in [3.05, 3.63) is 53.7 Å². The largest absolute Gasteiger partial charge is 0.436 e. The van der Waals surface area contributed by atoms with Crippen molar-refractivity contribution < 1.29 is 13.5 Å². The van der Waals surface area contributed by atoms with Gasteiger partial charge in [0.25, 0.3) is 5.88 Å². The molecule has 2 aromatic rings. The van der Waals surface area contributed by atoms with E-state index < -0.39 is 11.6 Å². The highest BCUT2D eigenvalue weighted by Gasteiger charge is 2.07. The van der Waals surface area contributed by atoms with Gasteiger partial charge in [-0.2, -0.15) is 5.26 Å². The SMILES string of the molecule is N#Cc1ccc(Oc2ncc(F)cc2F)cc1. The Bertz CT molecular complexity index is 576. The van der Waals surface area contributed by atoms with E-state index in [1.54, 1.807) is 0 Å². The van der Waals surface area contributed by atoms with Crippen LogP contribution >= 0.6 is 0 Å². The van der Waals surface area contributed by atoms with E-state index in [4.69, 9.17) is 10.00 Å². The van der Waals surface area contributed by atoms with Gasteiger partial charge >= 0.3 is 0 Å². The molecule has 0 unspecified atom stereocenters. The molecular weight excluding hydrogens is 226 g/mol. The maximum atomic E-state index is 13.2. The van der Waals surface area contributed by atoms with E-state index in [1.165, 1.54) is 24.3 Å². The van der Waals surface area contributed by atoms with Crippen molar-refractivity contribution >= 4 is 0 Å². The summed E-state index contributed by atoms with van der Waals surface area (Å²) in [7, 11) is 0. The minimum Gasteiger partial charge on any atom is -0.436 e. The number of pyridine rings is 1. The molecule has 0 bridgehead atoms. The van der Waals surface area contributed by atoms with Gasteiger partial charge in [0.05, 0.1) is 17.8 Å². The number of hydrogen-bond donors (Lipinski definition) is 0. The van der Waals surface area contributed by atoms with Crippen LogP contribution in [0.4, 0.5) is 8.78 Å². The first kappa shape index (κ1) is 11.0. The Morgan fingerprint density at radius 2 is 1.88 bits per heavy atom. The number of hydrogen-bond acceptors (Lipinski definition) is 3. The van der Waals surface area contributed by atoms with Gasteiger partial charge in [-0.25, -0.2) is 13.8 Å². The van der Waals surface area contributed by atoms with Crippen LogP contribution < -0.4 is 4.74 Å². The van der Waals surface area contributed by atoms with Crippen LogP contribution in [0.2, 0.25) is 0 Å². The summed E-state index contributed by atoms with van der Waals surface area (Å²) in [4.78, 5) is 3.48. The molecule has 84 valence electrons. The van der Waals surface area contributed by atoms with Crippen molar-refractivity contribution in [1.29, 1.82) is 5.26 Å². The number of nitriles is 1. The second-order valence-corrected chi connectivity index (χ2v) is 3.18. The molecule has 0 aliphatic carbocycles. The summed E-state index contributed by atoms with van der Waals surface area (Å²) in [5, 5.41) is 8.59. The standard InChI is InChI=1S/C12H6F2N2O/c13-9-5-11(14)12(16-7-9)17-10-3-1-8(6-15)2-4-10/h1-5,7H. The van der Waals surface area contributed by atoms with Gasteiger partial charge in [0.2, 0.25) is 0 Å². The zero-order valence-corrected chi connectivity index (χ0v) is 8.52. The molecule has 0 saturated carbocycles. The summed E-state index contributed by atoms with van der Waals surface area (Å²) in [5.41, 5.74) is 0.463. The van der Waals surface area contributed by atoms with Crippen molar-refractivity contribution in [2.75, 3.05) is 0 Å². The van der Waals surface area contributed by atoms with Crippen LogP contribution in [0.1, 0.15) is 5.56 Å². The Balaban J connectivity index is 2.23. The maximum absolute atomic E-state index is 13.2. The third-order valence-corrected chi connectivity index (χ3v) is 1.97. The Morgan fingerprint density at radius 1 is 1.18 bits per heavy atom. The van der Waals surface area contributed by atoms with Gasteiger partial charge in [-0.1, -0.05) is 0 Å². The van der Waals surface area contributed by atoms with E-state index in [0.29, 0.717) is 17.4 Å². The second kappa shape index (κ2) is 4.58. The number of rotatable bonds is 2. The minimum atomic E-state index is -0.880. The van der Waals surface area contributed by atoms with Crippen LogP contribution in [0.15, 0.2) is 36.5 Å². The first-order valence-corrected chi connectivity index (χ1v) is 4.68. The molecule has 1 heterocycles. The van der Waals surface area contributed by atoms with Crippen molar-refractivity contribution in [2.45, 2.75) is 0 Å².